The number of aliphatic carboxylic acids is 1. The number of carbonyl (C=O) groups excluding carboxylic acids is 1. The molecular weight excluding hydrogens is 298 g/mol. The summed E-state index contributed by atoms with van der Waals surface area (Å²) in [7, 11) is 1.72. The van der Waals surface area contributed by atoms with Crippen LogP contribution in [-0.4, -0.2) is 44.8 Å². The van der Waals surface area contributed by atoms with E-state index in [9.17, 15) is 14.7 Å². The van der Waals surface area contributed by atoms with Crippen molar-refractivity contribution >= 4 is 11.9 Å². The number of fused-ring (bicyclic) bond motifs is 1. The molecule has 7 nitrogen and oxygen atoms in total. The Labute approximate surface area is 133 Å². The van der Waals surface area contributed by atoms with Gasteiger partial charge in [0.1, 0.15) is 12.4 Å². The molecule has 0 saturated heterocycles. The second-order valence-electron chi connectivity index (χ2n) is 5.46. The van der Waals surface area contributed by atoms with Crippen molar-refractivity contribution in [2.75, 3.05) is 13.2 Å². The third kappa shape index (κ3) is 2.65. The van der Waals surface area contributed by atoms with Gasteiger partial charge in [0.05, 0.1) is 6.54 Å². The van der Waals surface area contributed by atoms with E-state index in [1.54, 1.807) is 49.1 Å². The molecule has 3 rings (SSSR count). The van der Waals surface area contributed by atoms with Gasteiger partial charge in [-0.3, -0.25) is 9.48 Å². The topological polar surface area (TPSA) is 84.7 Å². The van der Waals surface area contributed by atoms with E-state index in [1.165, 1.54) is 4.90 Å². The Morgan fingerprint density at radius 3 is 2.74 bits per heavy atom. The molecule has 0 saturated carbocycles. The summed E-state index contributed by atoms with van der Waals surface area (Å²) in [5.41, 5.74) is 1.44. The van der Waals surface area contributed by atoms with Crippen LogP contribution in [0.15, 0.2) is 30.5 Å². The zero-order valence-corrected chi connectivity index (χ0v) is 12.9. The number of carbonyl (C=O) groups is 2. The largest absolute Gasteiger partial charge is 0.491 e. The summed E-state index contributed by atoms with van der Waals surface area (Å²) in [6.07, 6.45) is 1.73. The normalized spacial score (nSPS) is 17.1. The number of hydrogen-bond donors (Lipinski definition) is 1. The number of carboxylic acids is 1. The van der Waals surface area contributed by atoms with Crippen LogP contribution >= 0.6 is 0 Å². The van der Waals surface area contributed by atoms with E-state index in [0.29, 0.717) is 16.9 Å². The molecule has 120 valence electrons. The molecular formula is C16H17N3O4. The second-order valence-corrected chi connectivity index (χ2v) is 5.46. The summed E-state index contributed by atoms with van der Waals surface area (Å²) in [5, 5.41) is 13.8. The molecule has 0 spiro atoms. The summed E-state index contributed by atoms with van der Waals surface area (Å²) in [5.74, 6) is -1.01. The first-order chi connectivity index (χ1) is 11.0. The Bertz CT molecular complexity index is 768. The minimum atomic E-state index is -1.09. The number of carboxylic acid groups (broad SMARTS) is 1. The zero-order valence-electron chi connectivity index (χ0n) is 12.9. The van der Waals surface area contributed by atoms with Crippen LogP contribution in [0.2, 0.25) is 0 Å². The van der Waals surface area contributed by atoms with Crippen molar-refractivity contribution in [3.63, 3.8) is 0 Å². The maximum Gasteiger partial charge on any atom is 0.331 e. The third-order valence-corrected chi connectivity index (χ3v) is 3.82. The molecule has 7 heteroatoms. The number of aromatic nitrogens is 2. The molecule has 2 aromatic rings. The Kier molecular flexibility index (Phi) is 3.77. The monoisotopic (exact) mass is 315 g/mol. The van der Waals surface area contributed by atoms with Gasteiger partial charge < -0.3 is 14.7 Å². The predicted octanol–water partition coefficient (Wildman–Crippen LogP) is 1.39. The summed E-state index contributed by atoms with van der Waals surface area (Å²) in [6.45, 7) is 2.19. The SMILES string of the molecule is Cc1cn(C)nc1C(=O)N1CCOc2ccccc2C1C(=O)O. The van der Waals surface area contributed by atoms with E-state index in [2.05, 4.69) is 5.10 Å². The van der Waals surface area contributed by atoms with Crippen LogP contribution < -0.4 is 4.74 Å². The highest BCUT2D eigenvalue weighted by Gasteiger charge is 2.36. The van der Waals surface area contributed by atoms with Gasteiger partial charge in [0, 0.05) is 24.4 Å². The number of rotatable bonds is 2. The summed E-state index contributed by atoms with van der Waals surface area (Å²) < 4.78 is 7.14. The average molecular weight is 315 g/mol. The van der Waals surface area contributed by atoms with Gasteiger partial charge in [-0.2, -0.15) is 5.10 Å². The Morgan fingerprint density at radius 1 is 1.35 bits per heavy atom. The quantitative estimate of drug-likeness (QED) is 0.905. The molecule has 0 aliphatic carbocycles. The lowest BCUT2D eigenvalue weighted by Crippen LogP contribution is -2.40. The lowest BCUT2D eigenvalue weighted by Gasteiger charge is -2.26. The third-order valence-electron chi connectivity index (χ3n) is 3.82. The van der Waals surface area contributed by atoms with Crippen molar-refractivity contribution in [1.82, 2.24) is 14.7 Å². The first-order valence-corrected chi connectivity index (χ1v) is 7.25. The van der Waals surface area contributed by atoms with Crippen LogP contribution in [0.25, 0.3) is 0 Å². The number of aryl methyl sites for hydroxylation is 2. The van der Waals surface area contributed by atoms with Gasteiger partial charge in [0.2, 0.25) is 0 Å². The minimum absolute atomic E-state index is 0.181. The number of benzene rings is 1. The maximum atomic E-state index is 12.8. The summed E-state index contributed by atoms with van der Waals surface area (Å²) in [4.78, 5) is 26.0. The standard InChI is InChI=1S/C16H17N3O4/c1-10-9-18(2)17-13(10)15(20)19-7-8-23-12-6-4-3-5-11(12)14(19)16(21)22/h3-6,9,14H,7-8H2,1-2H3,(H,21,22). The number of para-hydroxylation sites is 1. The smallest absolute Gasteiger partial charge is 0.331 e. The second kappa shape index (κ2) is 5.75. The molecule has 23 heavy (non-hydrogen) atoms. The van der Waals surface area contributed by atoms with E-state index in [0.717, 1.165) is 0 Å². The molecule has 0 bridgehead atoms. The Morgan fingerprint density at radius 2 is 2.09 bits per heavy atom. The molecule has 1 aliphatic heterocycles. The molecule has 0 radical (unpaired) electrons. The van der Waals surface area contributed by atoms with Crippen LogP contribution in [0, 0.1) is 6.92 Å². The van der Waals surface area contributed by atoms with Crippen molar-refractivity contribution in [2.24, 2.45) is 7.05 Å². The number of amides is 1. The van der Waals surface area contributed by atoms with Gasteiger partial charge in [-0.25, -0.2) is 4.79 Å². The van der Waals surface area contributed by atoms with E-state index in [4.69, 9.17) is 4.74 Å². The van der Waals surface area contributed by atoms with E-state index >= 15 is 0 Å². The molecule has 2 heterocycles. The van der Waals surface area contributed by atoms with Crippen LogP contribution in [-0.2, 0) is 11.8 Å². The Hall–Kier alpha value is -2.83. The fraction of sp³-hybridized carbons (Fsp3) is 0.312. The first kappa shape index (κ1) is 15.1. The summed E-state index contributed by atoms with van der Waals surface area (Å²) >= 11 is 0. The zero-order chi connectivity index (χ0) is 16.6. The molecule has 1 aromatic heterocycles. The average Bonchev–Trinajstić information content (AvgIpc) is 2.74. The number of hydrogen-bond acceptors (Lipinski definition) is 4. The molecule has 1 amide bonds. The predicted molar refractivity (Wildman–Crippen MR) is 81.3 cm³/mol. The summed E-state index contributed by atoms with van der Waals surface area (Å²) in [6, 6.07) is 5.80. The molecule has 1 aromatic carbocycles. The van der Waals surface area contributed by atoms with Gasteiger partial charge >= 0.3 is 5.97 Å². The molecule has 1 unspecified atom stereocenters. The van der Waals surface area contributed by atoms with E-state index in [-0.39, 0.29) is 18.8 Å². The lowest BCUT2D eigenvalue weighted by molar-refractivity contribution is -0.142. The maximum absolute atomic E-state index is 12.8. The fourth-order valence-electron chi connectivity index (χ4n) is 2.83. The fourth-order valence-corrected chi connectivity index (χ4v) is 2.83. The van der Waals surface area contributed by atoms with Gasteiger partial charge in [0.15, 0.2) is 11.7 Å². The van der Waals surface area contributed by atoms with E-state index in [1.807, 2.05) is 0 Å². The lowest BCUT2D eigenvalue weighted by atomic mass is 10.0. The number of nitrogens with zero attached hydrogens (tertiary/aromatic N) is 3. The molecule has 1 N–H and O–H groups in total. The van der Waals surface area contributed by atoms with Crippen LogP contribution in [0.3, 0.4) is 0 Å². The van der Waals surface area contributed by atoms with Crippen molar-refractivity contribution in [3.8, 4) is 5.75 Å². The molecule has 1 atom stereocenters. The van der Waals surface area contributed by atoms with Crippen molar-refractivity contribution in [1.29, 1.82) is 0 Å². The van der Waals surface area contributed by atoms with Gasteiger partial charge in [-0.15, -0.1) is 0 Å². The Balaban J connectivity index is 2.05. The highest BCUT2D eigenvalue weighted by molar-refractivity contribution is 5.96. The van der Waals surface area contributed by atoms with Crippen molar-refractivity contribution in [2.45, 2.75) is 13.0 Å². The van der Waals surface area contributed by atoms with Gasteiger partial charge in [0.25, 0.3) is 5.91 Å². The highest BCUT2D eigenvalue weighted by Crippen LogP contribution is 2.33. The van der Waals surface area contributed by atoms with Crippen LogP contribution in [0.4, 0.5) is 0 Å². The first-order valence-electron chi connectivity index (χ1n) is 7.25. The van der Waals surface area contributed by atoms with Crippen LogP contribution in [0.5, 0.6) is 5.75 Å². The number of ether oxygens (including phenoxy) is 1. The minimum Gasteiger partial charge on any atom is -0.491 e. The highest BCUT2D eigenvalue weighted by atomic mass is 16.5. The van der Waals surface area contributed by atoms with E-state index < -0.39 is 17.9 Å². The van der Waals surface area contributed by atoms with Crippen LogP contribution in [0.1, 0.15) is 27.7 Å². The van der Waals surface area contributed by atoms with Crippen molar-refractivity contribution < 1.29 is 19.4 Å². The van der Waals surface area contributed by atoms with Gasteiger partial charge in [-0.05, 0) is 13.0 Å². The molecule has 0 fully saturated rings. The molecule has 1 aliphatic rings. The van der Waals surface area contributed by atoms with Gasteiger partial charge in [-0.1, -0.05) is 18.2 Å². The van der Waals surface area contributed by atoms with Crippen molar-refractivity contribution in [3.05, 3.63) is 47.3 Å².